The number of alkyl halides is 1. The van der Waals surface area contributed by atoms with Crippen LogP contribution in [-0.4, -0.2) is 43.2 Å². The zero-order valence-corrected chi connectivity index (χ0v) is 19.5. The number of nitrogens with one attached hydrogen (secondary N) is 1. The lowest BCUT2D eigenvalue weighted by atomic mass is 10.1. The minimum absolute atomic E-state index is 0.0388. The van der Waals surface area contributed by atoms with E-state index in [-0.39, 0.29) is 24.1 Å². The molecule has 1 aliphatic heterocycles. The molecule has 1 amide bonds. The summed E-state index contributed by atoms with van der Waals surface area (Å²) in [6, 6.07) is 10.7. The summed E-state index contributed by atoms with van der Waals surface area (Å²) in [4.78, 5) is 26.6. The summed E-state index contributed by atoms with van der Waals surface area (Å²) in [6.45, 7) is 0.688. The Hall–Kier alpha value is -3.20. The quantitative estimate of drug-likeness (QED) is 0.499. The van der Waals surface area contributed by atoms with Gasteiger partial charge >= 0.3 is 0 Å². The Kier molecular flexibility index (Phi) is 6.27. The van der Waals surface area contributed by atoms with E-state index in [1.165, 1.54) is 14.2 Å². The van der Waals surface area contributed by atoms with Crippen LogP contribution < -0.4 is 29.7 Å². The molecule has 0 spiro atoms. The van der Waals surface area contributed by atoms with Crippen LogP contribution in [0.25, 0.3) is 10.9 Å². The van der Waals surface area contributed by atoms with Gasteiger partial charge in [0.15, 0.2) is 11.5 Å². The molecule has 1 aromatic heterocycles. The molecule has 1 atom stereocenters. The van der Waals surface area contributed by atoms with Crippen molar-refractivity contribution in [3.8, 4) is 23.1 Å². The lowest BCUT2D eigenvalue weighted by molar-refractivity contribution is 0.0944. The molecule has 1 aliphatic rings. The maximum absolute atomic E-state index is 13.4. The number of para-hydroxylation sites is 1. The molecule has 32 heavy (non-hydrogen) atoms. The molecule has 1 unspecified atom stereocenters. The Bertz CT molecular complexity index is 1240. The van der Waals surface area contributed by atoms with E-state index in [1.54, 1.807) is 19.2 Å². The molecular formula is C23H23BrN2O6. The minimum atomic E-state index is -0.517. The van der Waals surface area contributed by atoms with E-state index >= 15 is 0 Å². The van der Waals surface area contributed by atoms with Crippen LogP contribution in [-0.2, 0) is 13.1 Å². The number of hydrogen-bond acceptors (Lipinski definition) is 6. The van der Waals surface area contributed by atoms with Crippen molar-refractivity contribution in [3.05, 3.63) is 57.7 Å². The van der Waals surface area contributed by atoms with E-state index in [2.05, 4.69) is 21.2 Å². The van der Waals surface area contributed by atoms with Crippen LogP contribution >= 0.6 is 15.9 Å². The molecule has 0 aliphatic carbocycles. The van der Waals surface area contributed by atoms with Gasteiger partial charge in [0.05, 0.1) is 38.8 Å². The zero-order chi connectivity index (χ0) is 22.8. The second kappa shape index (κ2) is 9.12. The molecule has 1 N–H and O–H groups in total. The first-order valence-corrected chi connectivity index (χ1v) is 11.1. The third-order valence-electron chi connectivity index (χ3n) is 5.42. The van der Waals surface area contributed by atoms with Gasteiger partial charge in [0, 0.05) is 23.5 Å². The average Bonchev–Trinajstić information content (AvgIpc) is 3.26. The van der Waals surface area contributed by atoms with Crippen molar-refractivity contribution in [1.29, 1.82) is 0 Å². The Morgan fingerprint density at radius 2 is 1.81 bits per heavy atom. The van der Waals surface area contributed by atoms with E-state index in [1.807, 2.05) is 28.8 Å². The summed E-state index contributed by atoms with van der Waals surface area (Å²) < 4.78 is 23.9. The van der Waals surface area contributed by atoms with Gasteiger partial charge in [0.1, 0.15) is 17.4 Å². The van der Waals surface area contributed by atoms with Crippen LogP contribution in [0.2, 0.25) is 0 Å². The standard InChI is InChI=1S/C23H23BrN2O6/c1-29-17-7-5-4-6-13(17)11-25-22(28)20-21(27)15-8-18(30-2)19(31-3)9-16(15)26-12-14(10-24)32-23(20)26/h4-9,14H,10-12H2,1-3H3,(H,25,28). The molecule has 2 heterocycles. The number of aromatic nitrogens is 1. The van der Waals surface area contributed by atoms with Crippen molar-refractivity contribution in [2.24, 2.45) is 0 Å². The number of benzene rings is 2. The number of amides is 1. The van der Waals surface area contributed by atoms with Crippen molar-refractivity contribution in [2.45, 2.75) is 19.2 Å². The van der Waals surface area contributed by atoms with Gasteiger partial charge in [-0.15, -0.1) is 0 Å². The van der Waals surface area contributed by atoms with Crippen LogP contribution in [0.1, 0.15) is 15.9 Å². The van der Waals surface area contributed by atoms with Crippen molar-refractivity contribution in [2.75, 3.05) is 26.7 Å². The monoisotopic (exact) mass is 502 g/mol. The number of carbonyl (C=O) groups is 1. The second-order valence-electron chi connectivity index (χ2n) is 7.23. The Balaban J connectivity index is 1.81. The fourth-order valence-corrected chi connectivity index (χ4v) is 4.18. The van der Waals surface area contributed by atoms with Crippen molar-refractivity contribution in [3.63, 3.8) is 0 Å². The minimum Gasteiger partial charge on any atom is -0.496 e. The first kappa shape index (κ1) is 22.0. The molecule has 0 fully saturated rings. The predicted molar refractivity (Wildman–Crippen MR) is 124 cm³/mol. The molecule has 0 radical (unpaired) electrons. The maximum Gasteiger partial charge on any atom is 0.261 e. The van der Waals surface area contributed by atoms with E-state index < -0.39 is 11.3 Å². The van der Waals surface area contributed by atoms with Crippen LogP contribution in [0.15, 0.2) is 41.2 Å². The molecule has 9 heteroatoms. The first-order chi connectivity index (χ1) is 15.5. The fourth-order valence-electron chi connectivity index (χ4n) is 3.85. The van der Waals surface area contributed by atoms with Gasteiger partial charge in [0.25, 0.3) is 5.91 Å². The highest BCUT2D eigenvalue weighted by Gasteiger charge is 2.32. The van der Waals surface area contributed by atoms with Gasteiger partial charge in [-0.2, -0.15) is 0 Å². The first-order valence-electron chi connectivity index (χ1n) is 9.97. The molecule has 0 saturated carbocycles. The van der Waals surface area contributed by atoms with Gasteiger partial charge in [0.2, 0.25) is 11.3 Å². The number of nitrogens with zero attached hydrogens (tertiary/aromatic N) is 1. The average molecular weight is 503 g/mol. The summed E-state index contributed by atoms with van der Waals surface area (Å²) in [6.07, 6.45) is -0.214. The van der Waals surface area contributed by atoms with E-state index in [9.17, 15) is 9.59 Å². The lowest BCUT2D eigenvalue weighted by Crippen LogP contribution is -2.30. The van der Waals surface area contributed by atoms with Crippen LogP contribution in [0.3, 0.4) is 0 Å². The Labute approximate surface area is 193 Å². The smallest absolute Gasteiger partial charge is 0.261 e. The maximum atomic E-state index is 13.4. The van der Waals surface area contributed by atoms with Gasteiger partial charge in [-0.3, -0.25) is 9.59 Å². The predicted octanol–water partition coefficient (Wildman–Crippen LogP) is 3.11. The van der Waals surface area contributed by atoms with Gasteiger partial charge in [-0.05, 0) is 12.1 Å². The molecular weight excluding hydrogens is 480 g/mol. The molecule has 4 rings (SSSR count). The van der Waals surface area contributed by atoms with E-state index in [0.29, 0.717) is 40.0 Å². The number of fused-ring (bicyclic) bond motifs is 3. The van der Waals surface area contributed by atoms with Crippen LogP contribution in [0.4, 0.5) is 0 Å². The zero-order valence-electron chi connectivity index (χ0n) is 17.9. The highest BCUT2D eigenvalue weighted by Crippen LogP contribution is 2.36. The van der Waals surface area contributed by atoms with E-state index in [0.717, 1.165) is 5.56 Å². The number of pyridine rings is 1. The van der Waals surface area contributed by atoms with Gasteiger partial charge in [-0.1, -0.05) is 34.1 Å². The topological polar surface area (TPSA) is 88.0 Å². The number of methoxy groups -OCH3 is 3. The molecule has 0 saturated heterocycles. The number of hydrogen-bond donors (Lipinski definition) is 1. The van der Waals surface area contributed by atoms with E-state index in [4.69, 9.17) is 18.9 Å². The summed E-state index contributed by atoms with van der Waals surface area (Å²) >= 11 is 3.43. The highest BCUT2D eigenvalue weighted by atomic mass is 79.9. The molecule has 0 bridgehead atoms. The molecule has 8 nitrogen and oxygen atoms in total. The number of halogens is 1. The molecule has 168 valence electrons. The van der Waals surface area contributed by atoms with Crippen molar-refractivity contribution < 1.29 is 23.7 Å². The SMILES string of the molecule is COc1ccccc1CNC(=O)c1c2n(c3cc(OC)c(OC)cc3c1=O)CC(CBr)O2. The number of ether oxygens (including phenoxy) is 4. The second-order valence-corrected chi connectivity index (χ2v) is 7.88. The highest BCUT2D eigenvalue weighted by molar-refractivity contribution is 9.09. The molecule has 3 aromatic rings. The summed E-state index contributed by atoms with van der Waals surface area (Å²) in [5.74, 6) is 1.28. The summed E-state index contributed by atoms with van der Waals surface area (Å²) in [7, 11) is 4.60. The van der Waals surface area contributed by atoms with Gasteiger partial charge < -0.3 is 28.8 Å². The normalized spacial score (nSPS) is 14.6. The molecule has 2 aromatic carbocycles. The lowest BCUT2D eigenvalue weighted by Gasteiger charge is -2.15. The van der Waals surface area contributed by atoms with Crippen LogP contribution in [0, 0.1) is 0 Å². The summed E-state index contributed by atoms with van der Waals surface area (Å²) in [5.41, 5.74) is 0.946. The third-order valence-corrected chi connectivity index (χ3v) is 6.14. The number of carbonyl (C=O) groups excluding carboxylic acids is 1. The number of rotatable bonds is 7. The largest absolute Gasteiger partial charge is 0.496 e. The van der Waals surface area contributed by atoms with Crippen LogP contribution in [0.5, 0.6) is 23.1 Å². The van der Waals surface area contributed by atoms with Crippen molar-refractivity contribution in [1.82, 2.24) is 9.88 Å². The Morgan fingerprint density at radius 1 is 1.12 bits per heavy atom. The Morgan fingerprint density at radius 3 is 2.50 bits per heavy atom. The summed E-state index contributed by atoms with van der Waals surface area (Å²) in [5, 5.41) is 3.74. The van der Waals surface area contributed by atoms with Gasteiger partial charge in [-0.25, -0.2) is 0 Å². The third kappa shape index (κ3) is 3.77. The van der Waals surface area contributed by atoms with Crippen molar-refractivity contribution >= 4 is 32.7 Å². The fraction of sp³-hybridized carbons (Fsp3) is 0.304.